The molecule has 0 spiro atoms. The number of hydrogen-bond donors (Lipinski definition) is 0. The molecule has 0 bridgehead atoms. The van der Waals surface area contributed by atoms with Crippen molar-refractivity contribution in [2.75, 3.05) is 12.4 Å². The number of hydrogen-bond acceptors (Lipinski definition) is 1. The molecule has 0 aliphatic carbocycles. The summed E-state index contributed by atoms with van der Waals surface area (Å²) in [7, 11) is 0. The molecule has 0 aliphatic rings. The van der Waals surface area contributed by atoms with Crippen molar-refractivity contribution < 1.29 is 4.79 Å². The third-order valence-corrected chi connectivity index (χ3v) is 4.06. The van der Waals surface area contributed by atoms with Gasteiger partial charge in [0.2, 0.25) is 0 Å². The van der Waals surface area contributed by atoms with Crippen LogP contribution in [0.2, 0.25) is 5.02 Å². The fraction of sp³-hybridized carbons (Fsp3) is 0.462. The zero-order valence-corrected chi connectivity index (χ0v) is 13.5. The molecule has 0 heterocycles. The Morgan fingerprint density at radius 2 is 2.11 bits per heavy atom. The highest BCUT2D eigenvalue weighted by atomic mass is 79.9. The molecule has 1 amide bonds. The molecule has 0 fully saturated rings. The van der Waals surface area contributed by atoms with E-state index in [2.05, 4.69) is 15.9 Å². The molecule has 5 heteroatoms. The summed E-state index contributed by atoms with van der Waals surface area (Å²) in [5, 5.41) is 0.600. The molecule has 0 N–H and O–H groups in total. The summed E-state index contributed by atoms with van der Waals surface area (Å²) in [5.74, 6) is 0.563. The fourth-order valence-corrected chi connectivity index (χ4v) is 2.24. The summed E-state index contributed by atoms with van der Waals surface area (Å²) in [6, 6.07) is 5.36. The van der Waals surface area contributed by atoms with E-state index in [9.17, 15) is 4.79 Å². The van der Waals surface area contributed by atoms with Crippen molar-refractivity contribution in [2.45, 2.75) is 26.3 Å². The highest BCUT2D eigenvalue weighted by molar-refractivity contribution is 9.10. The summed E-state index contributed by atoms with van der Waals surface area (Å²) in [4.78, 5) is 14.2. The molecular formula is C13H16BrCl2NO. The lowest BCUT2D eigenvalue weighted by molar-refractivity contribution is 0.0706. The van der Waals surface area contributed by atoms with E-state index in [4.69, 9.17) is 23.2 Å². The second-order valence-electron chi connectivity index (χ2n) is 4.26. The predicted octanol–water partition coefficient (Wildman–Crippen LogP) is 4.58. The van der Waals surface area contributed by atoms with Gasteiger partial charge in [0.25, 0.3) is 5.91 Å². The summed E-state index contributed by atoms with van der Waals surface area (Å²) >= 11 is 14.9. The number of carbonyl (C=O) groups excluding carboxylic acids is 1. The third-order valence-electron chi connectivity index (χ3n) is 2.58. The smallest absolute Gasteiger partial charge is 0.254 e. The van der Waals surface area contributed by atoms with Crippen LogP contribution in [0.15, 0.2) is 22.7 Å². The predicted molar refractivity (Wildman–Crippen MR) is 80.7 cm³/mol. The van der Waals surface area contributed by atoms with Gasteiger partial charge >= 0.3 is 0 Å². The van der Waals surface area contributed by atoms with Crippen molar-refractivity contribution in [3.8, 4) is 0 Å². The number of carbonyl (C=O) groups is 1. The van der Waals surface area contributed by atoms with Gasteiger partial charge in [-0.05, 0) is 54.4 Å². The van der Waals surface area contributed by atoms with Crippen LogP contribution < -0.4 is 0 Å². The number of rotatable bonds is 5. The Kier molecular flexibility index (Phi) is 6.47. The van der Waals surface area contributed by atoms with Crippen LogP contribution in [0.25, 0.3) is 0 Å². The van der Waals surface area contributed by atoms with Crippen molar-refractivity contribution in [3.63, 3.8) is 0 Å². The van der Waals surface area contributed by atoms with Gasteiger partial charge in [0, 0.05) is 28.5 Å². The summed E-state index contributed by atoms with van der Waals surface area (Å²) in [6.45, 7) is 4.66. The van der Waals surface area contributed by atoms with Crippen LogP contribution in [0.5, 0.6) is 0 Å². The highest BCUT2D eigenvalue weighted by Gasteiger charge is 2.18. The second kappa shape index (κ2) is 7.37. The Hall–Kier alpha value is -0.250. The molecule has 0 aromatic heterocycles. The zero-order valence-electron chi connectivity index (χ0n) is 10.4. The molecule has 0 aliphatic heterocycles. The van der Waals surface area contributed by atoms with Crippen molar-refractivity contribution in [2.24, 2.45) is 0 Å². The topological polar surface area (TPSA) is 20.3 Å². The van der Waals surface area contributed by atoms with Crippen LogP contribution in [0.3, 0.4) is 0 Å². The molecular weight excluding hydrogens is 337 g/mol. The number of alkyl halides is 1. The quantitative estimate of drug-likeness (QED) is 0.710. The Labute approximate surface area is 126 Å². The SMILES string of the molecule is CC(C)N(CCCCl)C(=O)c1ccc(Cl)c(Br)c1. The van der Waals surface area contributed by atoms with Crippen molar-refractivity contribution >= 4 is 45.0 Å². The van der Waals surface area contributed by atoms with Gasteiger partial charge in [-0.15, -0.1) is 11.6 Å². The molecule has 100 valence electrons. The first kappa shape index (κ1) is 15.8. The first-order valence-electron chi connectivity index (χ1n) is 5.79. The van der Waals surface area contributed by atoms with E-state index in [1.807, 2.05) is 18.7 Å². The Bertz CT molecular complexity index is 423. The van der Waals surface area contributed by atoms with Crippen molar-refractivity contribution in [1.29, 1.82) is 0 Å². The molecule has 1 aromatic carbocycles. The first-order valence-corrected chi connectivity index (χ1v) is 7.50. The summed E-state index contributed by atoms with van der Waals surface area (Å²) < 4.78 is 0.732. The van der Waals surface area contributed by atoms with E-state index >= 15 is 0 Å². The maximum Gasteiger partial charge on any atom is 0.254 e. The molecule has 18 heavy (non-hydrogen) atoms. The van der Waals surface area contributed by atoms with E-state index in [1.165, 1.54) is 0 Å². The number of halogens is 3. The molecule has 0 unspecified atom stereocenters. The van der Waals surface area contributed by atoms with E-state index in [1.54, 1.807) is 18.2 Å². The van der Waals surface area contributed by atoms with Gasteiger partial charge in [-0.1, -0.05) is 11.6 Å². The van der Waals surface area contributed by atoms with Crippen LogP contribution in [0.1, 0.15) is 30.6 Å². The van der Waals surface area contributed by atoms with Gasteiger partial charge in [0.15, 0.2) is 0 Å². The number of amides is 1. The molecule has 1 rings (SSSR count). The van der Waals surface area contributed by atoms with E-state index < -0.39 is 0 Å². The molecule has 2 nitrogen and oxygen atoms in total. The lowest BCUT2D eigenvalue weighted by Gasteiger charge is -2.26. The van der Waals surface area contributed by atoms with E-state index in [0.29, 0.717) is 23.0 Å². The lowest BCUT2D eigenvalue weighted by atomic mass is 10.1. The standard InChI is InChI=1S/C13H16BrCl2NO/c1-9(2)17(7-3-6-15)13(18)10-4-5-12(16)11(14)8-10/h4-5,8-9H,3,6-7H2,1-2H3. The minimum Gasteiger partial charge on any atom is -0.336 e. The Morgan fingerprint density at radius 1 is 1.44 bits per heavy atom. The number of nitrogens with zero attached hydrogens (tertiary/aromatic N) is 1. The molecule has 0 radical (unpaired) electrons. The maximum absolute atomic E-state index is 12.4. The van der Waals surface area contributed by atoms with Crippen molar-refractivity contribution in [1.82, 2.24) is 4.90 Å². The van der Waals surface area contributed by atoms with Crippen LogP contribution in [-0.2, 0) is 0 Å². The maximum atomic E-state index is 12.4. The van der Waals surface area contributed by atoms with Crippen LogP contribution in [0.4, 0.5) is 0 Å². The van der Waals surface area contributed by atoms with Gasteiger partial charge < -0.3 is 4.90 Å². The van der Waals surface area contributed by atoms with E-state index in [0.717, 1.165) is 10.9 Å². The normalized spacial score (nSPS) is 10.8. The molecule has 0 atom stereocenters. The van der Waals surface area contributed by atoms with Gasteiger partial charge in [-0.2, -0.15) is 0 Å². The largest absolute Gasteiger partial charge is 0.336 e. The molecule has 1 aromatic rings. The summed E-state index contributed by atoms with van der Waals surface area (Å²) in [6.07, 6.45) is 0.792. The highest BCUT2D eigenvalue weighted by Crippen LogP contribution is 2.24. The van der Waals surface area contributed by atoms with Crippen molar-refractivity contribution in [3.05, 3.63) is 33.3 Å². The molecule has 0 saturated carbocycles. The van der Waals surface area contributed by atoms with Gasteiger partial charge in [-0.25, -0.2) is 0 Å². The second-order valence-corrected chi connectivity index (χ2v) is 5.90. The van der Waals surface area contributed by atoms with Gasteiger partial charge in [-0.3, -0.25) is 4.79 Å². The minimum atomic E-state index is 0.00693. The Balaban J connectivity index is 2.91. The monoisotopic (exact) mass is 351 g/mol. The van der Waals surface area contributed by atoms with Crippen LogP contribution in [-0.4, -0.2) is 29.3 Å². The zero-order chi connectivity index (χ0) is 13.7. The average molecular weight is 353 g/mol. The van der Waals surface area contributed by atoms with Gasteiger partial charge in [0.1, 0.15) is 0 Å². The fourth-order valence-electron chi connectivity index (χ4n) is 1.62. The lowest BCUT2D eigenvalue weighted by Crippen LogP contribution is -2.37. The minimum absolute atomic E-state index is 0.00693. The number of benzene rings is 1. The van der Waals surface area contributed by atoms with Gasteiger partial charge in [0.05, 0.1) is 5.02 Å². The van der Waals surface area contributed by atoms with Crippen LogP contribution in [0, 0.1) is 0 Å². The summed E-state index contributed by atoms with van der Waals surface area (Å²) in [5.41, 5.74) is 0.634. The van der Waals surface area contributed by atoms with E-state index in [-0.39, 0.29) is 11.9 Å². The first-order chi connectivity index (χ1) is 8.47. The molecule has 0 saturated heterocycles. The van der Waals surface area contributed by atoms with Crippen LogP contribution >= 0.6 is 39.1 Å². The average Bonchev–Trinajstić information content (AvgIpc) is 2.32. The Morgan fingerprint density at radius 3 is 2.61 bits per heavy atom. The third kappa shape index (κ3) is 4.15.